The number of pyridine rings is 1. The Morgan fingerprint density at radius 1 is 1.42 bits per heavy atom. The summed E-state index contributed by atoms with van der Waals surface area (Å²) in [5.74, 6) is -0.617. The lowest BCUT2D eigenvalue weighted by Crippen LogP contribution is -2.41. The lowest BCUT2D eigenvalue weighted by atomic mass is 9.94. The number of hydrogen-bond acceptors (Lipinski definition) is 4. The Morgan fingerprint density at radius 2 is 2.12 bits per heavy atom. The van der Waals surface area contributed by atoms with Crippen molar-refractivity contribution in [2.75, 3.05) is 18.9 Å². The quantitative estimate of drug-likeness (QED) is 0.770. The van der Waals surface area contributed by atoms with Crippen molar-refractivity contribution in [2.24, 2.45) is 0 Å². The van der Waals surface area contributed by atoms with Crippen LogP contribution in [-0.4, -0.2) is 46.5 Å². The number of aromatic nitrogens is 1. The highest BCUT2D eigenvalue weighted by atomic mass is 35.5. The molecule has 0 bridgehead atoms. The Bertz CT molecular complexity index is 628. The number of carboxylic acids is 1. The number of likely N-dealkylation sites (N-methyl/N-ethyl adjacent to an activating group) is 1. The van der Waals surface area contributed by atoms with Crippen LogP contribution in [0.5, 0.6) is 0 Å². The first-order chi connectivity index (χ1) is 11.5. The van der Waals surface area contributed by atoms with Crippen LogP contribution in [0.25, 0.3) is 6.08 Å². The molecule has 7 heteroatoms. The molecule has 1 aliphatic rings. The van der Waals surface area contributed by atoms with Crippen molar-refractivity contribution in [3.63, 3.8) is 0 Å². The Labute approximate surface area is 146 Å². The molecule has 1 fully saturated rings. The highest BCUT2D eigenvalue weighted by Crippen LogP contribution is 2.23. The van der Waals surface area contributed by atoms with Gasteiger partial charge in [-0.3, -0.25) is 4.79 Å². The zero-order valence-electron chi connectivity index (χ0n) is 13.7. The maximum atomic E-state index is 12.3. The second kappa shape index (κ2) is 8.68. The van der Waals surface area contributed by atoms with Crippen LogP contribution in [0.1, 0.15) is 37.7 Å². The smallest absolute Gasteiger partial charge is 0.328 e. The molecule has 6 nitrogen and oxygen atoms in total. The minimum atomic E-state index is -1.04. The minimum absolute atomic E-state index is 0.00890. The van der Waals surface area contributed by atoms with Crippen molar-refractivity contribution in [3.8, 4) is 0 Å². The van der Waals surface area contributed by atoms with Crippen molar-refractivity contribution in [1.82, 2.24) is 9.88 Å². The molecule has 1 amide bonds. The zero-order chi connectivity index (χ0) is 17.5. The Kier molecular flexibility index (Phi) is 6.61. The Hall–Kier alpha value is -2.08. The van der Waals surface area contributed by atoms with Gasteiger partial charge in [-0.15, -0.1) is 0 Å². The van der Waals surface area contributed by atoms with Crippen molar-refractivity contribution in [2.45, 2.75) is 38.1 Å². The summed E-state index contributed by atoms with van der Waals surface area (Å²) < 4.78 is 0. The molecule has 0 radical (unpaired) electrons. The molecule has 2 N–H and O–H groups in total. The number of aliphatic carboxylic acids is 1. The van der Waals surface area contributed by atoms with Gasteiger partial charge in [0.25, 0.3) is 0 Å². The van der Waals surface area contributed by atoms with E-state index in [1.165, 1.54) is 31.5 Å². The van der Waals surface area contributed by atoms with E-state index in [1.54, 1.807) is 6.07 Å². The van der Waals surface area contributed by atoms with Gasteiger partial charge < -0.3 is 15.3 Å². The van der Waals surface area contributed by atoms with Crippen LogP contribution >= 0.6 is 11.6 Å². The molecular formula is C17H22ClN3O3. The summed E-state index contributed by atoms with van der Waals surface area (Å²) in [6.07, 6.45) is 9.65. The Balaban J connectivity index is 1.91. The molecule has 1 aromatic rings. The molecule has 0 aromatic carbocycles. The average molecular weight is 352 g/mol. The topological polar surface area (TPSA) is 82.5 Å². The number of amides is 1. The van der Waals surface area contributed by atoms with Crippen LogP contribution in [0.4, 0.5) is 5.82 Å². The normalized spacial score (nSPS) is 15.4. The van der Waals surface area contributed by atoms with Crippen LogP contribution < -0.4 is 5.32 Å². The summed E-state index contributed by atoms with van der Waals surface area (Å²) in [5, 5.41) is 11.9. The highest BCUT2D eigenvalue weighted by Gasteiger charge is 2.21. The fourth-order valence-electron chi connectivity index (χ4n) is 2.80. The minimum Gasteiger partial charge on any atom is -0.478 e. The molecule has 130 valence electrons. The first kappa shape index (κ1) is 18.3. The van der Waals surface area contributed by atoms with Crippen LogP contribution in [-0.2, 0) is 9.59 Å². The predicted molar refractivity (Wildman–Crippen MR) is 94.0 cm³/mol. The fraction of sp³-hybridized carbons (Fsp3) is 0.471. The van der Waals surface area contributed by atoms with E-state index < -0.39 is 5.97 Å². The van der Waals surface area contributed by atoms with Crippen LogP contribution in [0, 0.1) is 0 Å². The van der Waals surface area contributed by atoms with Gasteiger partial charge in [0.2, 0.25) is 5.91 Å². The summed E-state index contributed by atoms with van der Waals surface area (Å²) in [6.45, 7) is 0.129. The number of carboxylic acid groups (broad SMARTS) is 1. The van der Waals surface area contributed by atoms with Crippen molar-refractivity contribution >= 4 is 35.4 Å². The number of hydrogen-bond donors (Lipinski definition) is 2. The largest absolute Gasteiger partial charge is 0.478 e. The van der Waals surface area contributed by atoms with Crippen LogP contribution in [0.2, 0.25) is 5.02 Å². The summed E-state index contributed by atoms with van der Waals surface area (Å²) in [5.41, 5.74) is 0.582. The molecule has 24 heavy (non-hydrogen) atoms. The van der Waals surface area contributed by atoms with Gasteiger partial charge in [-0.25, -0.2) is 9.78 Å². The van der Waals surface area contributed by atoms with Gasteiger partial charge in [0, 0.05) is 25.4 Å². The summed E-state index contributed by atoms with van der Waals surface area (Å²) in [4.78, 5) is 28.7. The van der Waals surface area contributed by atoms with Crippen molar-refractivity contribution < 1.29 is 14.7 Å². The fourth-order valence-corrected chi connectivity index (χ4v) is 3.04. The monoisotopic (exact) mass is 351 g/mol. The van der Waals surface area contributed by atoms with Gasteiger partial charge in [0.1, 0.15) is 5.82 Å². The second-order valence-electron chi connectivity index (χ2n) is 5.92. The third kappa shape index (κ3) is 5.23. The zero-order valence-corrected chi connectivity index (χ0v) is 14.4. The van der Waals surface area contributed by atoms with E-state index in [0.717, 1.165) is 18.9 Å². The molecule has 1 saturated carbocycles. The number of carbonyl (C=O) groups excluding carboxylic acids is 1. The summed E-state index contributed by atoms with van der Waals surface area (Å²) in [7, 11) is 1.84. The highest BCUT2D eigenvalue weighted by molar-refractivity contribution is 6.33. The molecule has 0 aliphatic heterocycles. The molecule has 2 rings (SSSR count). The van der Waals surface area contributed by atoms with Gasteiger partial charge in [-0.1, -0.05) is 30.9 Å². The second-order valence-corrected chi connectivity index (χ2v) is 6.33. The van der Waals surface area contributed by atoms with Crippen molar-refractivity contribution in [3.05, 3.63) is 28.9 Å². The van der Waals surface area contributed by atoms with Gasteiger partial charge >= 0.3 is 5.97 Å². The van der Waals surface area contributed by atoms with Gasteiger partial charge in [-0.2, -0.15) is 0 Å². The molecule has 1 heterocycles. The third-order valence-corrected chi connectivity index (χ3v) is 4.49. The number of halogens is 1. The number of rotatable bonds is 6. The van der Waals surface area contributed by atoms with Gasteiger partial charge in [0.15, 0.2) is 0 Å². The molecule has 0 spiro atoms. The molecule has 0 saturated heterocycles. The van der Waals surface area contributed by atoms with E-state index in [9.17, 15) is 9.59 Å². The Morgan fingerprint density at radius 3 is 2.75 bits per heavy atom. The van der Waals surface area contributed by atoms with E-state index in [2.05, 4.69) is 10.3 Å². The molecule has 0 atom stereocenters. The van der Waals surface area contributed by atoms with Gasteiger partial charge in [-0.05, 0) is 30.5 Å². The van der Waals surface area contributed by atoms with Crippen LogP contribution in [0.15, 0.2) is 18.3 Å². The summed E-state index contributed by atoms with van der Waals surface area (Å²) >= 11 is 6.13. The number of nitrogens with zero attached hydrogens (tertiary/aromatic N) is 2. The first-order valence-electron chi connectivity index (χ1n) is 8.03. The van der Waals surface area contributed by atoms with E-state index >= 15 is 0 Å². The maximum absolute atomic E-state index is 12.3. The lowest BCUT2D eigenvalue weighted by molar-refractivity contribution is -0.131. The number of nitrogens with one attached hydrogen (secondary N) is 1. The maximum Gasteiger partial charge on any atom is 0.328 e. The average Bonchev–Trinajstić information content (AvgIpc) is 2.59. The van der Waals surface area contributed by atoms with Crippen molar-refractivity contribution in [1.29, 1.82) is 0 Å². The first-order valence-corrected chi connectivity index (χ1v) is 8.41. The van der Waals surface area contributed by atoms with E-state index in [4.69, 9.17) is 16.7 Å². The SMILES string of the molecule is CN(C(=O)CNc1ncc(/C=C/C(=O)O)cc1Cl)C1CCCCC1. The molecule has 1 aliphatic carbocycles. The summed E-state index contributed by atoms with van der Waals surface area (Å²) in [6, 6.07) is 1.92. The van der Waals surface area contributed by atoms with E-state index in [-0.39, 0.29) is 12.5 Å². The molecule has 1 aromatic heterocycles. The lowest BCUT2D eigenvalue weighted by Gasteiger charge is -2.31. The standard InChI is InChI=1S/C17H22ClN3O3/c1-21(13-5-3-2-4-6-13)15(22)11-20-17-14(18)9-12(10-19-17)7-8-16(23)24/h7-10,13H,2-6,11H2,1H3,(H,19,20)(H,23,24)/b8-7+. The number of carbonyl (C=O) groups is 2. The molecule has 0 unspecified atom stereocenters. The predicted octanol–water partition coefficient (Wildman–Crippen LogP) is 3.04. The van der Waals surface area contributed by atoms with E-state index in [1.807, 2.05) is 11.9 Å². The van der Waals surface area contributed by atoms with Gasteiger partial charge in [0.05, 0.1) is 11.6 Å². The van der Waals surface area contributed by atoms with Crippen LogP contribution in [0.3, 0.4) is 0 Å². The van der Waals surface area contributed by atoms with E-state index in [0.29, 0.717) is 22.4 Å². The number of anilines is 1. The molecular weight excluding hydrogens is 330 g/mol. The third-order valence-electron chi connectivity index (χ3n) is 4.20.